The molecular weight excluding hydrogens is 230 g/mol. The molecule has 3 heteroatoms. The number of carbonyl (C=O) groups is 1. The summed E-state index contributed by atoms with van der Waals surface area (Å²) in [7, 11) is 0. The van der Waals surface area contributed by atoms with Gasteiger partial charge in [0, 0.05) is 20.3 Å². The van der Waals surface area contributed by atoms with Crippen LogP contribution in [0, 0.1) is 28.1 Å². The number of hydrogen-bond donors (Lipinski definition) is 0. The van der Waals surface area contributed by atoms with E-state index in [0.29, 0.717) is 5.78 Å². The average molecular weight is 251 g/mol. The standard InChI is InChI=1S/C14H21NOS/c1-11(2)10(16)12(3,4)14(11)7-9(8-15)13(5,6)17-14/h9H,7H2,1-6H3. The number of carbonyl (C=O) groups excluding carboxylic acids is 1. The molecule has 2 rings (SSSR count). The van der Waals surface area contributed by atoms with Gasteiger partial charge >= 0.3 is 0 Å². The molecule has 1 saturated carbocycles. The first-order chi connectivity index (χ1) is 7.53. The van der Waals surface area contributed by atoms with Crippen molar-refractivity contribution >= 4 is 17.5 Å². The molecule has 1 aliphatic heterocycles. The van der Waals surface area contributed by atoms with Crippen LogP contribution in [0.25, 0.3) is 0 Å². The fraction of sp³-hybridized carbons (Fsp3) is 0.857. The minimum Gasteiger partial charge on any atom is -0.298 e. The molecule has 17 heavy (non-hydrogen) atoms. The highest BCUT2D eigenvalue weighted by Crippen LogP contribution is 2.74. The van der Waals surface area contributed by atoms with Gasteiger partial charge in [-0.15, -0.1) is 11.8 Å². The van der Waals surface area contributed by atoms with E-state index in [1.807, 2.05) is 39.5 Å². The molecule has 0 aromatic rings. The summed E-state index contributed by atoms with van der Waals surface area (Å²) in [4.78, 5) is 12.3. The zero-order valence-electron chi connectivity index (χ0n) is 11.5. The van der Waals surface area contributed by atoms with Gasteiger partial charge in [-0.05, 0) is 20.3 Å². The fourth-order valence-electron chi connectivity index (χ4n) is 3.93. The van der Waals surface area contributed by atoms with Gasteiger partial charge in [-0.1, -0.05) is 27.7 Å². The fourth-order valence-corrected chi connectivity index (χ4v) is 6.05. The molecule has 1 saturated heterocycles. The summed E-state index contributed by atoms with van der Waals surface area (Å²) in [6.07, 6.45) is 0.840. The number of hydrogen-bond acceptors (Lipinski definition) is 3. The van der Waals surface area contributed by atoms with Gasteiger partial charge in [0.1, 0.15) is 5.78 Å². The highest BCUT2D eigenvalue weighted by atomic mass is 32.2. The molecule has 1 atom stereocenters. The zero-order valence-corrected chi connectivity index (χ0v) is 12.4. The van der Waals surface area contributed by atoms with Crippen LogP contribution in [-0.2, 0) is 4.79 Å². The predicted octanol–water partition coefficient (Wildman–Crippen LogP) is 3.42. The minimum atomic E-state index is -0.302. The van der Waals surface area contributed by atoms with Crippen molar-refractivity contribution in [3.8, 4) is 6.07 Å². The first-order valence-electron chi connectivity index (χ1n) is 6.18. The Hall–Kier alpha value is -0.490. The number of Topliss-reactive ketones (excluding diaryl/α,β-unsaturated/α-hetero) is 1. The van der Waals surface area contributed by atoms with Crippen molar-refractivity contribution in [3.63, 3.8) is 0 Å². The Balaban J connectivity index is 2.48. The van der Waals surface area contributed by atoms with E-state index in [1.54, 1.807) is 0 Å². The first kappa shape index (κ1) is 13.0. The lowest BCUT2D eigenvalue weighted by Gasteiger charge is -2.64. The van der Waals surface area contributed by atoms with Crippen LogP contribution in [0.1, 0.15) is 48.0 Å². The quantitative estimate of drug-likeness (QED) is 0.662. The van der Waals surface area contributed by atoms with Gasteiger partial charge in [-0.2, -0.15) is 5.26 Å². The second-order valence-corrected chi connectivity index (χ2v) is 8.95. The van der Waals surface area contributed by atoms with Crippen molar-refractivity contribution in [2.45, 2.75) is 57.5 Å². The van der Waals surface area contributed by atoms with Crippen molar-refractivity contribution < 1.29 is 4.79 Å². The van der Waals surface area contributed by atoms with Crippen LogP contribution in [0.5, 0.6) is 0 Å². The summed E-state index contributed by atoms with van der Waals surface area (Å²) >= 11 is 1.86. The number of nitriles is 1. The van der Waals surface area contributed by atoms with E-state index in [9.17, 15) is 10.1 Å². The van der Waals surface area contributed by atoms with Crippen molar-refractivity contribution in [3.05, 3.63) is 0 Å². The van der Waals surface area contributed by atoms with E-state index in [-0.39, 0.29) is 26.2 Å². The van der Waals surface area contributed by atoms with Crippen LogP contribution in [0.2, 0.25) is 0 Å². The Morgan fingerprint density at radius 2 is 1.65 bits per heavy atom. The number of nitrogens with zero attached hydrogens (tertiary/aromatic N) is 1. The van der Waals surface area contributed by atoms with E-state index in [0.717, 1.165) is 6.42 Å². The Bertz CT molecular complexity index is 410. The smallest absolute Gasteiger partial charge is 0.146 e. The molecule has 1 spiro atoms. The lowest BCUT2D eigenvalue weighted by Crippen LogP contribution is -2.71. The van der Waals surface area contributed by atoms with Gasteiger partial charge in [0.2, 0.25) is 0 Å². The first-order valence-corrected chi connectivity index (χ1v) is 6.99. The highest BCUT2D eigenvalue weighted by molar-refractivity contribution is 8.02. The molecule has 0 aromatic heterocycles. The summed E-state index contributed by atoms with van der Waals surface area (Å²) in [5, 5.41) is 9.31. The van der Waals surface area contributed by atoms with Gasteiger partial charge in [0.15, 0.2) is 0 Å². The molecular formula is C14H21NOS. The molecule has 94 valence electrons. The summed E-state index contributed by atoms with van der Waals surface area (Å²) in [6, 6.07) is 2.44. The van der Waals surface area contributed by atoms with E-state index < -0.39 is 0 Å². The largest absolute Gasteiger partial charge is 0.298 e. The minimum absolute atomic E-state index is 0.0409. The van der Waals surface area contributed by atoms with E-state index in [4.69, 9.17) is 0 Å². The molecule has 0 bridgehead atoms. The van der Waals surface area contributed by atoms with Crippen LogP contribution in [-0.4, -0.2) is 15.3 Å². The van der Waals surface area contributed by atoms with Crippen LogP contribution in [0.15, 0.2) is 0 Å². The van der Waals surface area contributed by atoms with E-state index in [1.165, 1.54) is 0 Å². The van der Waals surface area contributed by atoms with E-state index in [2.05, 4.69) is 19.9 Å². The number of rotatable bonds is 0. The van der Waals surface area contributed by atoms with Crippen molar-refractivity contribution in [2.24, 2.45) is 16.7 Å². The van der Waals surface area contributed by atoms with Gasteiger partial charge in [0.25, 0.3) is 0 Å². The molecule has 2 aliphatic rings. The summed E-state index contributed by atoms with van der Waals surface area (Å²) in [5.41, 5.74) is -0.603. The maximum absolute atomic E-state index is 12.3. The average Bonchev–Trinajstić information content (AvgIpc) is 2.50. The molecule has 0 aromatic carbocycles. The molecule has 1 aliphatic carbocycles. The van der Waals surface area contributed by atoms with Crippen LogP contribution in [0.4, 0.5) is 0 Å². The molecule has 1 heterocycles. The summed E-state index contributed by atoms with van der Waals surface area (Å²) in [5.74, 6) is 0.381. The maximum Gasteiger partial charge on any atom is 0.146 e. The third-order valence-corrected chi connectivity index (χ3v) is 7.42. The Morgan fingerprint density at radius 3 is 2.00 bits per heavy atom. The normalized spacial score (nSPS) is 35.4. The molecule has 0 radical (unpaired) electrons. The topological polar surface area (TPSA) is 40.9 Å². The second-order valence-electron chi connectivity index (χ2n) is 7.00. The molecule has 1 unspecified atom stereocenters. The molecule has 2 fully saturated rings. The SMILES string of the molecule is CC1(C)SC2(CC1C#N)C(C)(C)C(=O)C2(C)C. The van der Waals surface area contributed by atoms with Gasteiger partial charge in [-0.25, -0.2) is 0 Å². The van der Waals surface area contributed by atoms with E-state index >= 15 is 0 Å². The zero-order chi connectivity index (χ0) is 13.3. The predicted molar refractivity (Wildman–Crippen MR) is 70.7 cm³/mol. The molecule has 0 amide bonds. The number of thioether (sulfide) groups is 1. The Labute approximate surface area is 108 Å². The van der Waals surface area contributed by atoms with Crippen molar-refractivity contribution in [1.29, 1.82) is 5.26 Å². The second kappa shape index (κ2) is 3.09. The number of ketones is 1. The van der Waals surface area contributed by atoms with Crippen molar-refractivity contribution in [1.82, 2.24) is 0 Å². The monoisotopic (exact) mass is 251 g/mol. The Kier molecular flexibility index (Phi) is 2.35. The molecule has 2 nitrogen and oxygen atoms in total. The third kappa shape index (κ3) is 1.20. The van der Waals surface area contributed by atoms with Gasteiger partial charge in [0.05, 0.1) is 12.0 Å². The van der Waals surface area contributed by atoms with Crippen LogP contribution >= 0.6 is 11.8 Å². The lowest BCUT2D eigenvalue weighted by molar-refractivity contribution is -0.160. The Morgan fingerprint density at radius 1 is 1.18 bits per heavy atom. The lowest BCUT2D eigenvalue weighted by atomic mass is 9.44. The van der Waals surface area contributed by atoms with Crippen LogP contribution < -0.4 is 0 Å². The summed E-state index contributed by atoms with van der Waals surface area (Å²) in [6.45, 7) is 12.4. The van der Waals surface area contributed by atoms with Crippen LogP contribution in [0.3, 0.4) is 0 Å². The maximum atomic E-state index is 12.3. The van der Waals surface area contributed by atoms with Crippen molar-refractivity contribution in [2.75, 3.05) is 0 Å². The van der Waals surface area contributed by atoms with Gasteiger partial charge < -0.3 is 0 Å². The highest BCUT2D eigenvalue weighted by Gasteiger charge is 2.76. The third-order valence-electron chi connectivity index (χ3n) is 5.08. The molecule has 0 N–H and O–H groups in total. The van der Waals surface area contributed by atoms with Gasteiger partial charge in [-0.3, -0.25) is 4.79 Å². The summed E-state index contributed by atoms with van der Waals surface area (Å²) < 4.78 is -0.120.